The molecule has 2 aliphatic heterocycles. The summed E-state index contributed by atoms with van der Waals surface area (Å²) < 4.78 is 5.49. The van der Waals surface area contributed by atoms with Crippen molar-refractivity contribution in [2.75, 3.05) is 51.3 Å². The molecule has 3 rings (SSSR count). The highest BCUT2D eigenvalue weighted by Gasteiger charge is 2.24. The number of ether oxygens (including phenoxy) is 1. The van der Waals surface area contributed by atoms with Gasteiger partial charge in [-0.15, -0.1) is 6.58 Å². The molecule has 1 amide bonds. The number of carbonyl (C=O) groups is 1. The molecular formula is C21H31N5O2. The molecule has 2 aliphatic rings. The highest BCUT2D eigenvalue weighted by atomic mass is 16.5. The Bertz CT molecular complexity index is 698. The highest BCUT2D eigenvalue weighted by molar-refractivity contribution is 5.97. The van der Waals surface area contributed by atoms with Crippen LogP contribution in [0.15, 0.2) is 41.9 Å². The van der Waals surface area contributed by atoms with Crippen molar-refractivity contribution in [3.05, 3.63) is 36.9 Å². The van der Waals surface area contributed by atoms with E-state index in [4.69, 9.17) is 4.74 Å². The Labute approximate surface area is 167 Å². The van der Waals surface area contributed by atoms with Gasteiger partial charge in [-0.05, 0) is 31.4 Å². The monoisotopic (exact) mass is 385 g/mol. The molecule has 1 aromatic carbocycles. The van der Waals surface area contributed by atoms with Crippen LogP contribution in [0.2, 0.25) is 0 Å². The smallest absolute Gasteiger partial charge is 0.265 e. The number of carbonyl (C=O) groups excluding carboxylic acids is 1. The summed E-state index contributed by atoms with van der Waals surface area (Å²) in [5.74, 6) is 1.61. The minimum atomic E-state index is 0.00694. The van der Waals surface area contributed by atoms with Crippen molar-refractivity contribution in [1.29, 1.82) is 0 Å². The van der Waals surface area contributed by atoms with Crippen molar-refractivity contribution >= 4 is 17.6 Å². The number of anilines is 1. The fourth-order valence-electron chi connectivity index (χ4n) is 3.67. The number of benzene rings is 1. The van der Waals surface area contributed by atoms with Gasteiger partial charge in [0, 0.05) is 45.8 Å². The van der Waals surface area contributed by atoms with Gasteiger partial charge in [-0.25, -0.2) is 0 Å². The van der Waals surface area contributed by atoms with E-state index in [-0.39, 0.29) is 12.5 Å². The van der Waals surface area contributed by atoms with Gasteiger partial charge < -0.3 is 20.3 Å². The van der Waals surface area contributed by atoms with Crippen LogP contribution in [0.4, 0.5) is 5.69 Å². The van der Waals surface area contributed by atoms with E-state index in [1.807, 2.05) is 35.2 Å². The van der Waals surface area contributed by atoms with Crippen molar-refractivity contribution < 1.29 is 9.53 Å². The molecule has 1 saturated heterocycles. The minimum Gasteiger partial charge on any atom is -0.482 e. The van der Waals surface area contributed by atoms with E-state index in [9.17, 15) is 4.79 Å². The molecule has 152 valence electrons. The first-order valence-electron chi connectivity index (χ1n) is 10.0. The minimum absolute atomic E-state index is 0.00694. The van der Waals surface area contributed by atoms with Gasteiger partial charge >= 0.3 is 0 Å². The molecule has 7 nitrogen and oxygen atoms in total. The summed E-state index contributed by atoms with van der Waals surface area (Å²) in [6.07, 6.45) is 5.01. The molecule has 7 heteroatoms. The second kappa shape index (κ2) is 10.1. The van der Waals surface area contributed by atoms with E-state index in [2.05, 4.69) is 27.1 Å². The summed E-state index contributed by atoms with van der Waals surface area (Å²) in [6.45, 7) is 8.45. The molecule has 28 heavy (non-hydrogen) atoms. The van der Waals surface area contributed by atoms with E-state index in [1.54, 1.807) is 7.05 Å². The number of rotatable bonds is 7. The quantitative estimate of drug-likeness (QED) is 0.323. The van der Waals surface area contributed by atoms with Crippen LogP contribution < -0.4 is 20.3 Å². The average molecular weight is 386 g/mol. The lowest BCUT2D eigenvalue weighted by atomic mass is 10.1. The first kappa shape index (κ1) is 20.2. The number of piperidine rings is 1. The molecular weight excluding hydrogens is 354 g/mol. The Morgan fingerprint density at radius 3 is 2.89 bits per heavy atom. The summed E-state index contributed by atoms with van der Waals surface area (Å²) in [7, 11) is 1.80. The van der Waals surface area contributed by atoms with Crippen LogP contribution in [0.3, 0.4) is 0 Å². The maximum Gasteiger partial charge on any atom is 0.265 e. The maximum atomic E-state index is 12.2. The van der Waals surface area contributed by atoms with E-state index >= 15 is 0 Å². The van der Waals surface area contributed by atoms with Crippen LogP contribution >= 0.6 is 0 Å². The van der Waals surface area contributed by atoms with Gasteiger partial charge in [0.1, 0.15) is 5.75 Å². The lowest BCUT2D eigenvalue weighted by Crippen LogP contribution is -2.49. The van der Waals surface area contributed by atoms with Crippen LogP contribution in [-0.4, -0.2) is 69.2 Å². The molecule has 0 atom stereocenters. The first-order chi connectivity index (χ1) is 13.7. The summed E-state index contributed by atoms with van der Waals surface area (Å²) in [4.78, 5) is 20.8. The van der Waals surface area contributed by atoms with Gasteiger partial charge in [-0.2, -0.15) is 0 Å². The maximum absolute atomic E-state index is 12.2. The Balaban J connectivity index is 1.41. The predicted octanol–water partition coefficient (Wildman–Crippen LogP) is 1.62. The highest BCUT2D eigenvalue weighted by Crippen LogP contribution is 2.31. The summed E-state index contributed by atoms with van der Waals surface area (Å²) >= 11 is 0. The van der Waals surface area contributed by atoms with E-state index in [0.717, 1.165) is 62.8 Å². The Morgan fingerprint density at radius 2 is 2.14 bits per heavy atom. The number of para-hydroxylation sites is 2. The standard InChI is InChI=1S/C21H31N5O2/c1-3-12-25-14-9-17(10-15-25)24-21(22-2)23-11-6-13-26-18-7-4-5-8-19(18)28-16-20(26)27/h3-5,7-8,17H,1,6,9-16H2,2H3,(H2,22,23,24). The van der Waals surface area contributed by atoms with Gasteiger partial charge in [0.2, 0.25) is 0 Å². The van der Waals surface area contributed by atoms with E-state index < -0.39 is 0 Å². The molecule has 0 spiro atoms. The van der Waals surface area contributed by atoms with E-state index in [1.165, 1.54) is 0 Å². The van der Waals surface area contributed by atoms with Gasteiger partial charge in [0.15, 0.2) is 12.6 Å². The Kier molecular flexibility index (Phi) is 7.31. The third-order valence-electron chi connectivity index (χ3n) is 5.20. The largest absolute Gasteiger partial charge is 0.482 e. The van der Waals surface area contributed by atoms with Crippen molar-refractivity contribution in [2.45, 2.75) is 25.3 Å². The van der Waals surface area contributed by atoms with Crippen molar-refractivity contribution in [3.8, 4) is 5.75 Å². The molecule has 0 saturated carbocycles. The third kappa shape index (κ3) is 5.25. The number of amides is 1. The normalized spacial score (nSPS) is 18.4. The van der Waals surface area contributed by atoms with E-state index in [0.29, 0.717) is 12.6 Å². The van der Waals surface area contributed by atoms with Gasteiger partial charge in [0.25, 0.3) is 5.91 Å². The van der Waals surface area contributed by atoms with Crippen molar-refractivity contribution in [2.24, 2.45) is 4.99 Å². The summed E-state index contributed by atoms with van der Waals surface area (Å²) in [5.41, 5.74) is 0.854. The molecule has 0 unspecified atom stereocenters. The lowest BCUT2D eigenvalue weighted by molar-refractivity contribution is -0.121. The molecule has 0 bridgehead atoms. The molecule has 0 radical (unpaired) electrons. The summed E-state index contributed by atoms with van der Waals surface area (Å²) in [5, 5.41) is 6.89. The fraction of sp³-hybridized carbons (Fsp3) is 0.524. The predicted molar refractivity (Wildman–Crippen MR) is 113 cm³/mol. The van der Waals surface area contributed by atoms with Crippen LogP contribution in [0.1, 0.15) is 19.3 Å². The van der Waals surface area contributed by atoms with Gasteiger partial charge in [0.05, 0.1) is 5.69 Å². The molecule has 0 aliphatic carbocycles. The second-order valence-electron chi connectivity index (χ2n) is 7.16. The number of hydrogen-bond donors (Lipinski definition) is 2. The van der Waals surface area contributed by atoms with Crippen LogP contribution in [0.5, 0.6) is 5.75 Å². The number of fused-ring (bicyclic) bond motifs is 1. The molecule has 1 fully saturated rings. The zero-order valence-electron chi connectivity index (χ0n) is 16.7. The van der Waals surface area contributed by atoms with Crippen molar-refractivity contribution in [3.63, 3.8) is 0 Å². The summed E-state index contributed by atoms with van der Waals surface area (Å²) in [6, 6.07) is 8.13. The number of likely N-dealkylation sites (tertiary alicyclic amines) is 1. The average Bonchev–Trinajstić information content (AvgIpc) is 2.73. The number of nitrogens with zero attached hydrogens (tertiary/aromatic N) is 3. The zero-order chi connectivity index (χ0) is 19.8. The number of hydrogen-bond acceptors (Lipinski definition) is 4. The van der Waals surface area contributed by atoms with Crippen LogP contribution in [-0.2, 0) is 4.79 Å². The number of guanidine groups is 1. The Hall–Kier alpha value is -2.54. The SMILES string of the molecule is C=CCN1CCC(NC(=NC)NCCCN2C(=O)COc3ccccc32)CC1. The van der Waals surface area contributed by atoms with Crippen molar-refractivity contribution in [1.82, 2.24) is 15.5 Å². The molecule has 0 aromatic heterocycles. The van der Waals surface area contributed by atoms with Crippen LogP contribution in [0.25, 0.3) is 0 Å². The zero-order valence-corrected chi connectivity index (χ0v) is 16.7. The third-order valence-corrected chi connectivity index (χ3v) is 5.20. The Morgan fingerprint density at radius 1 is 1.36 bits per heavy atom. The first-order valence-corrected chi connectivity index (χ1v) is 10.0. The second-order valence-corrected chi connectivity index (χ2v) is 7.16. The molecule has 2 heterocycles. The number of nitrogens with one attached hydrogen (secondary N) is 2. The lowest BCUT2D eigenvalue weighted by Gasteiger charge is -2.32. The molecule has 1 aromatic rings. The molecule has 2 N–H and O–H groups in total. The topological polar surface area (TPSA) is 69.2 Å². The van der Waals surface area contributed by atoms with Gasteiger partial charge in [-0.1, -0.05) is 18.2 Å². The number of aliphatic imine (C=N–C) groups is 1. The van der Waals surface area contributed by atoms with Crippen LogP contribution in [0, 0.1) is 0 Å². The fourth-order valence-corrected chi connectivity index (χ4v) is 3.67. The van der Waals surface area contributed by atoms with Gasteiger partial charge in [-0.3, -0.25) is 14.7 Å².